The first-order valence-electron chi connectivity index (χ1n) is 7.24. The highest BCUT2D eigenvalue weighted by molar-refractivity contribution is 5.76. The van der Waals surface area contributed by atoms with Crippen LogP contribution >= 0.6 is 0 Å². The summed E-state index contributed by atoms with van der Waals surface area (Å²) in [6, 6.07) is 0.349. The summed E-state index contributed by atoms with van der Waals surface area (Å²) in [4.78, 5) is 11.7. The first kappa shape index (κ1) is 14.5. The Balaban J connectivity index is 2.21. The Morgan fingerprint density at radius 2 is 1.88 bits per heavy atom. The molecule has 0 saturated heterocycles. The third kappa shape index (κ3) is 6.06. The lowest BCUT2D eigenvalue weighted by atomic mass is 9.93. The van der Waals surface area contributed by atoms with E-state index in [0.717, 1.165) is 13.1 Å². The molecule has 0 aromatic carbocycles. The largest absolute Gasteiger partial charge is 0.353 e. The molecule has 1 aliphatic rings. The molecule has 0 heterocycles. The fourth-order valence-corrected chi connectivity index (χ4v) is 2.63. The number of amides is 1. The maximum absolute atomic E-state index is 11.7. The zero-order chi connectivity index (χ0) is 12.5. The minimum Gasteiger partial charge on any atom is -0.353 e. The first-order chi connectivity index (χ1) is 8.24. The van der Waals surface area contributed by atoms with Crippen LogP contribution in [-0.4, -0.2) is 25.0 Å². The molecule has 3 nitrogen and oxygen atoms in total. The normalized spacial score (nSPS) is 19.6. The van der Waals surface area contributed by atoms with Gasteiger partial charge in [-0.15, -0.1) is 0 Å². The highest BCUT2D eigenvalue weighted by atomic mass is 16.1. The van der Waals surface area contributed by atoms with Gasteiger partial charge < -0.3 is 10.6 Å². The number of carbonyl (C=O) groups excluding carboxylic acids is 1. The molecular formula is C14H28N2O. The van der Waals surface area contributed by atoms with Crippen LogP contribution in [-0.2, 0) is 4.79 Å². The van der Waals surface area contributed by atoms with Crippen LogP contribution in [0.15, 0.2) is 0 Å². The van der Waals surface area contributed by atoms with Crippen LogP contribution in [0.5, 0.6) is 0 Å². The molecule has 100 valence electrons. The Labute approximate surface area is 106 Å². The second-order valence-corrected chi connectivity index (χ2v) is 5.21. The quantitative estimate of drug-likeness (QED) is 0.553. The van der Waals surface area contributed by atoms with E-state index in [-0.39, 0.29) is 5.91 Å². The predicted molar refractivity (Wildman–Crippen MR) is 72.0 cm³/mol. The molecule has 3 heteroatoms. The zero-order valence-corrected chi connectivity index (χ0v) is 11.4. The molecule has 1 rings (SSSR count). The summed E-state index contributed by atoms with van der Waals surface area (Å²) in [5, 5.41) is 6.34. The van der Waals surface area contributed by atoms with Crippen molar-refractivity contribution in [2.75, 3.05) is 13.1 Å². The van der Waals surface area contributed by atoms with E-state index in [9.17, 15) is 4.79 Å². The van der Waals surface area contributed by atoms with Gasteiger partial charge in [0.05, 0.1) is 0 Å². The van der Waals surface area contributed by atoms with Gasteiger partial charge in [0.15, 0.2) is 0 Å². The maximum atomic E-state index is 11.7. The summed E-state index contributed by atoms with van der Waals surface area (Å²) in [7, 11) is 0. The van der Waals surface area contributed by atoms with Crippen molar-refractivity contribution in [2.45, 2.75) is 64.8 Å². The Bertz CT molecular complexity index is 210. The number of hydrogen-bond donors (Lipinski definition) is 2. The van der Waals surface area contributed by atoms with Crippen molar-refractivity contribution in [3.05, 3.63) is 0 Å². The van der Waals surface area contributed by atoms with Crippen LogP contribution < -0.4 is 10.6 Å². The summed E-state index contributed by atoms with van der Waals surface area (Å²) in [5.41, 5.74) is 0. The van der Waals surface area contributed by atoms with Crippen molar-refractivity contribution in [3.63, 3.8) is 0 Å². The molecule has 0 aromatic rings. The molecule has 0 unspecified atom stereocenters. The minimum absolute atomic E-state index is 0.197. The van der Waals surface area contributed by atoms with Crippen molar-refractivity contribution in [1.82, 2.24) is 10.6 Å². The fourth-order valence-electron chi connectivity index (χ4n) is 2.63. The molecular weight excluding hydrogens is 212 g/mol. The molecule has 1 atom stereocenters. The molecule has 1 saturated carbocycles. The van der Waals surface area contributed by atoms with E-state index in [1.54, 1.807) is 0 Å². The molecule has 0 radical (unpaired) electrons. The van der Waals surface area contributed by atoms with Gasteiger partial charge in [-0.1, -0.05) is 32.6 Å². The third-order valence-corrected chi connectivity index (χ3v) is 3.77. The summed E-state index contributed by atoms with van der Waals surface area (Å²) < 4.78 is 0. The van der Waals surface area contributed by atoms with E-state index < -0.39 is 0 Å². The second-order valence-electron chi connectivity index (χ2n) is 5.21. The topological polar surface area (TPSA) is 41.1 Å². The Morgan fingerprint density at radius 1 is 1.24 bits per heavy atom. The molecule has 2 N–H and O–H groups in total. The van der Waals surface area contributed by atoms with Crippen LogP contribution in [0.2, 0.25) is 0 Å². The lowest BCUT2D eigenvalue weighted by molar-refractivity contribution is -0.122. The van der Waals surface area contributed by atoms with Gasteiger partial charge >= 0.3 is 0 Å². The monoisotopic (exact) mass is 240 g/mol. The first-order valence-corrected chi connectivity index (χ1v) is 7.24. The van der Waals surface area contributed by atoms with E-state index in [2.05, 4.69) is 24.5 Å². The molecule has 1 fully saturated rings. The van der Waals surface area contributed by atoms with E-state index in [1.807, 2.05) is 0 Å². The van der Waals surface area contributed by atoms with E-state index >= 15 is 0 Å². The fraction of sp³-hybridized carbons (Fsp3) is 0.929. The predicted octanol–water partition coefficient (Wildman–Crippen LogP) is 2.46. The third-order valence-electron chi connectivity index (χ3n) is 3.77. The van der Waals surface area contributed by atoms with E-state index in [4.69, 9.17) is 0 Å². The van der Waals surface area contributed by atoms with Gasteiger partial charge in [0.1, 0.15) is 0 Å². The molecule has 17 heavy (non-hydrogen) atoms. The van der Waals surface area contributed by atoms with Crippen LogP contribution in [0.25, 0.3) is 0 Å². The van der Waals surface area contributed by atoms with Gasteiger partial charge in [0.25, 0.3) is 0 Å². The lowest BCUT2D eigenvalue weighted by Gasteiger charge is -2.23. The smallest absolute Gasteiger partial charge is 0.221 e. The average molecular weight is 240 g/mol. The van der Waals surface area contributed by atoms with Gasteiger partial charge in [0, 0.05) is 19.0 Å². The average Bonchev–Trinajstić information content (AvgIpc) is 2.57. The molecule has 0 aliphatic heterocycles. The Hall–Kier alpha value is -0.570. The summed E-state index contributed by atoms with van der Waals surface area (Å²) in [5.74, 6) is 0.892. The van der Waals surface area contributed by atoms with Crippen molar-refractivity contribution in [1.29, 1.82) is 0 Å². The highest BCUT2D eigenvalue weighted by Gasteiger charge is 2.20. The Morgan fingerprint density at radius 3 is 2.47 bits per heavy atom. The molecule has 0 aromatic heterocycles. The van der Waals surface area contributed by atoms with Crippen LogP contribution in [0.4, 0.5) is 0 Å². The minimum atomic E-state index is 0.197. The lowest BCUT2D eigenvalue weighted by Crippen LogP contribution is -2.39. The number of rotatable bonds is 6. The molecule has 0 bridgehead atoms. The highest BCUT2D eigenvalue weighted by Crippen LogP contribution is 2.25. The standard InChI is InChI=1S/C14H28N2O/c1-3-15-11-10-14(17)16-12(2)13-8-6-4-5-7-9-13/h12-13,15H,3-11H2,1-2H3,(H,16,17)/t12-/m0/s1. The SMILES string of the molecule is CCNCCC(=O)N[C@@H](C)C1CCCCCC1. The molecule has 1 aliphatic carbocycles. The van der Waals surface area contributed by atoms with E-state index in [0.29, 0.717) is 18.4 Å². The van der Waals surface area contributed by atoms with Gasteiger partial charge in [0.2, 0.25) is 5.91 Å². The second kappa shape index (κ2) is 8.51. The van der Waals surface area contributed by atoms with Gasteiger partial charge in [-0.25, -0.2) is 0 Å². The van der Waals surface area contributed by atoms with Crippen molar-refractivity contribution in [3.8, 4) is 0 Å². The molecule has 0 spiro atoms. The number of carbonyl (C=O) groups is 1. The summed E-state index contributed by atoms with van der Waals surface area (Å²) in [6.45, 7) is 5.96. The number of hydrogen-bond acceptors (Lipinski definition) is 2. The van der Waals surface area contributed by atoms with Crippen LogP contribution in [0.3, 0.4) is 0 Å². The van der Waals surface area contributed by atoms with Gasteiger partial charge in [-0.05, 0) is 32.2 Å². The maximum Gasteiger partial charge on any atom is 0.221 e. The number of nitrogens with one attached hydrogen (secondary N) is 2. The van der Waals surface area contributed by atoms with E-state index in [1.165, 1.54) is 38.5 Å². The summed E-state index contributed by atoms with van der Waals surface area (Å²) in [6.07, 6.45) is 8.59. The van der Waals surface area contributed by atoms with Crippen LogP contribution in [0, 0.1) is 5.92 Å². The summed E-state index contributed by atoms with van der Waals surface area (Å²) >= 11 is 0. The zero-order valence-electron chi connectivity index (χ0n) is 11.4. The molecule has 1 amide bonds. The van der Waals surface area contributed by atoms with Crippen molar-refractivity contribution < 1.29 is 4.79 Å². The van der Waals surface area contributed by atoms with Gasteiger partial charge in [-0.2, -0.15) is 0 Å². The van der Waals surface area contributed by atoms with Crippen molar-refractivity contribution >= 4 is 5.91 Å². The van der Waals surface area contributed by atoms with Crippen LogP contribution in [0.1, 0.15) is 58.8 Å². The van der Waals surface area contributed by atoms with Crippen molar-refractivity contribution in [2.24, 2.45) is 5.92 Å². The van der Waals surface area contributed by atoms with Gasteiger partial charge in [-0.3, -0.25) is 4.79 Å². The Kier molecular flexibility index (Phi) is 7.25.